The van der Waals surface area contributed by atoms with Crippen LogP contribution in [-0.4, -0.2) is 28.3 Å². The number of fused-ring (bicyclic) bond motifs is 2. The lowest BCUT2D eigenvalue weighted by molar-refractivity contribution is 0.415. The summed E-state index contributed by atoms with van der Waals surface area (Å²) in [5.74, 6) is 1.53. The van der Waals surface area contributed by atoms with E-state index in [1.165, 1.54) is 11.6 Å². The van der Waals surface area contributed by atoms with Gasteiger partial charge in [0.25, 0.3) is 0 Å². The molecule has 0 unspecified atom stereocenters. The molecule has 0 fully saturated rings. The molecule has 0 radical (unpaired) electrons. The maximum atomic E-state index is 14.6. The fourth-order valence-corrected chi connectivity index (χ4v) is 5.21. The molecular formula is C27H29Cl2FN4O. The number of methoxy groups -OCH3 is 1. The van der Waals surface area contributed by atoms with E-state index in [-0.39, 0.29) is 18.2 Å². The molecule has 0 spiro atoms. The first-order valence-electron chi connectivity index (χ1n) is 11.7. The summed E-state index contributed by atoms with van der Waals surface area (Å²) >= 11 is 6.67. The zero-order chi connectivity index (χ0) is 23.8. The second kappa shape index (κ2) is 10.4. The van der Waals surface area contributed by atoms with E-state index >= 15 is 0 Å². The van der Waals surface area contributed by atoms with Crippen LogP contribution in [-0.2, 0) is 19.4 Å². The minimum Gasteiger partial charge on any atom is -0.497 e. The second-order valence-corrected chi connectivity index (χ2v) is 9.18. The van der Waals surface area contributed by atoms with E-state index in [0.717, 1.165) is 66.2 Å². The fourth-order valence-electron chi connectivity index (χ4n) is 4.94. The molecule has 0 atom stereocenters. The molecule has 5 nitrogen and oxygen atoms in total. The first kappa shape index (κ1) is 25.3. The maximum Gasteiger partial charge on any atom is 0.165 e. The fraction of sp³-hybridized carbons (Fsp3) is 0.333. The Hall–Kier alpha value is -2.83. The lowest BCUT2D eigenvalue weighted by Gasteiger charge is -2.27. The molecule has 0 bridgehead atoms. The molecule has 2 aromatic heterocycles. The number of hydrogen-bond donors (Lipinski definition) is 0. The van der Waals surface area contributed by atoms with E-state index in [0.29, 0.717) is 22.9 Å². The van der Waals surface area contributed by atoms with Crippen molar-refractivity contribution in [1.29, 1.82) is 0 Å². The third-order valence-electron chi connectivity index (χ3n) is 6.49. The van der Waals surface area contributed by atoms with E-state index in [9.17, 15) is 4.39 Å². The Labute approximate surface area is 216 Å². The third kappa shape index (κ3) is 4.57. The number of benzene rings is 2. The monoisotopic (exact) mass is 514 g/mol. The largest absolute Gasteiger partial charge is 0.497 e. The predicted octanol–water partition coefficient (Wildman–Crippen LogP) is 6.83. The van der Waals surface area contributed by atoms with Crippen molar-refractivity contribution < 1.29 is 9.13 Å². The first-order chi connectivity index (χ1) is 16.5. The highest BCUT2D eigenvalue weighted by Gasteiger charge is 2.28. The zero-order valence-corrected chi connectivity index (χ0v) is 21.7. The van der Waals surface area contributed by atoms with Crippen LogP contribution in [0.15, 0.2) is 42.5 Å². The molecule has 0 amide bonds. The molecule has 2 heterocycles. The molecule has 2 aromatic carbocycles. The second-order valence-electron chi connectivity index (χ2n) is 8.77. The number of aromatic nitrogens is 3. The van der Waals surface area contributed by atoms with Gasteiger partial charge in [-0.2, -0.15) is 9.61 Å². The van der Waals surface area contributed by atoms with Crippen molar-refractivity contribution in [3.05, 3.63) is 75.8 Å². The standard InChI is InChI=1S/C27H28ClFN4O.ClH/c1-4-14-32(16-18-8-5-6-10-23(18)29)27-21-9-7-11-24(21)30-26-25(17(2)31-33(26)27)20-13-12-19(34-3)15-22(20)28;/h5-6,8,10,12-13,15H,4,7,9,11,14,16H2,1-3H3;1H. The number of rotatable bonds is 7. The van der Waals surface area contributed by atoms with E-state index in [1.54, 1.807) is 13.2 Å². The van der Waals surface area contributed by atoms with Crippen LogP contribution >= 0.6 is 24.0 Å². The first-order valence-corrected chi connectivity index (χ1v) is 12.1. The minimum atomic E-state index is -0.187. The predicted molar refractivity (Wildman–Crippen MR) is 142 cm³/mol. The van der Waals surface area contributed by atoms with Crippen molar-refractivity contribution >= 4 is 35.5 Å². The van der Waals surface area contributed by atoms with Gasteiger partial charge in [-0.25, -0.2) is 9.37 Å². The molecule has 1 aliphatic rings. The van der Waals surface area contributed by atoms with Gasteiger partial charge in [-0.15, -0.1) is 12.4 Å². The van der Waals surface area contributed by atoms with Crippen LogP contribution in [0.2, 0.25) is 5.02 Å². The Morgan fingerprint density at radius 3 is 2.69 bits per heavy atom. The van der Waals surface area contributed by atoms with Crippen molar-refractivity contribution in [1.82, 2.24) is 14.6 Å². The van der Waals surface area contributed by atoms with Gasteiger partial charge in [0.1, 0.15) is 17.4 Å². The highest BCUT2D eigenvalue weighted by atomic mass is 35.5. The summed E-state index contributed by atoms with van der Waals surface area (Å²) in [5.41, 5.74) is 6.43. The average molecular weight is 515 g/mol. The van der Waals surface area contributed by atoms with Gasteiger partial charge < -0.3 is 9.64 Å². The number of anilines is 1. The van der Waals surface area contributed by atoms with Gasteiger partial charge in [0, 0.05) is 35.5 Å². The molecule has 0 aliphatic heterocycles. The summed E-state index contributed by atoms with van der Waals surface area (Å²) in [6, 6.07) is 12.7. The molecule has 4 aromatic rings. The van der Waals surface area contributed by atoms with E-state index in [2.05, 4.69) is 11.8 Å². The van der Waals surface area contributed by atoms with Gasteiger partial charge in [-0.05, 0) is 56.9 Å². The van der Waals surface area contributed by atoms with Crippen LogP contribution in [0.4, 0.5) is 10.2 Å². The van der Waals surface area contributed by atoms with Crippen molar-refractivity contribution in [2.45, 2.75) is 46.1 Å². The Balaban J connectivity index is 0.00000289. The lowest BCUT2D eigenvalue weighted by atomic mass is 10.1. The van der Waals surface area contributed by atoms with Crippen molar-refractivity contribution in [3.8, 4) is 16.9 Å². The quantitative estimate of drug-likeness (QED) is 0.271. The Morgan fingerprint density at radius 2 is 1.97 bits per heavy atom. The number of hydrogen-bond acceptors (Lipinski definition) is 4. The summed E-state index contributed by atoms with van der Waals surface area (Å²) in [7, 11) is 1.63. The van der Waals surface area contributed by atoms with Crippen molar-refractivity contribution in [3.63, 3.8) is 0 Å². The van der Waals surface area contributed by atoms with E-state index < -0.39 is 0 Å². The SMILES string of the molecule is CCCN(Cc1ccccc1F)c1c2c(nc3c(-c4ccc(OC)cc4Cl)c(C)nn13)CCC2.Cl. The maximum absolute atomic E-state index is 14.6. The van der Waals surface area contributed by atoms with E-state index in [1.807, 2.05) is 41.8 Å². The summed E-state index contributed by atoms with van der Waals surface area (Å²) in [6.45, 7) is 5.39. The third-order valence-corrected chi connectivity index (χ3v) is 6.81. The van der Waals surface area contributed by atoms with Gasteiger partial charge in [0.2, 0.25) is 0 Å². The van der Waals surface area contributed by atoms with Crippen LogP contribution in [0, 0.1) is 12.7 Å². The Bertz CT molecular complexity index is 1370. The van der Waals surface area contributed by atoms with E-state index in [4.69, 9.17) is 26.4 Å². The van der Waals surface area contributed by atoms with Crippen LogP contribution < -0.4 is 9.64 Å². The van der Waals surface area contributed by atoms with Crippen molar-refractivity contribution in [2.24, 2.45) is 0 Å². The summed E-state index contributed by atoms with van der Waals surface area (Å²) in [4.78, 5) is 7.33. The number of halogens is 3. The van der Waals surface area contributed by atoms with Crippen LogP contribution in [0.1, 0.15) is 42.3 Å². The van der Waals surface area contributed by atoms with Crippen molar-refractivity contribution in [2.75, 3.05) is 18.6 Å². The molecule has 184 valence electrons. The number of ether oxygens (including phenoxy) is 1. The van der Waals surface area contributed by atoms with Gasteiger partial charge >= 0.3 is 0 Å². The van der Waals surface area contributed by atoms with Crippen LogP contribution in [0.5, 0.6) is 5.75 Å². The molecule has 0 saturated heterocycles. The Morgan fingerprint density at radius 1 is 1.17 bits per heavy atom. The Kier molecular flexibility index (Phi) is 7.53. The number of nitrogens with zero attached hydrogens (tertiary/aromatic N) is 4. The molecule has 0 saturated carbocycles. The van der Waals surface area contributed by atoms with Gasteiger partial charge in [0.05, 0.1) is 23.4 Å². The minimum absolute atomic E-state index is 0. The molecule has 0 N–H and O–H groups in total. The summed E-state index contributed by atoms with van der Waals surface area (Å²) < 4.78 is 21.9. The highest BCUT2D eigenvalue weighted by Crippen LogP contribution is 2.39. The highest BCUT2D eigenvalue weighted by molar-refractivity contribution is 6.33. The topological polar surface area (TPSA) is 42.7 Å². The van der Waals surface area contributed by atoms with Crippen LogP contribution in [0.3, 0.4) is 0 Å². The molecule has 5 rings (SSSR count). The average Bonchev–Trinajstić information content (AvgIpc) is 3.42. The summed E-state index contributed by atoms with van der Waals surface area (Å²) in [6.07, 6.45) is 3.87. The van der Waals surface area contributed by atoms with Crippen LogP contribution in [0.25, 0.3) is 16.8 Å². The van der Waals surface area contributed by atoms with Gasteiger partial charge in [-0.1, -0.05) is 36.7 Å². The molecule has 8 heteroatoms. The molecule has 1 aliphatic carbocycles. The number of aryl methyl sites for hydroxylation is 2. The lowest BCUT2D eigenvalue weighted by Crippen LogP contribution is -2.28. The zero-order valence-electron chi connectivity index (χ0n) is 20.1. The molecular weight excluding hydrogens is 486 g/mol. The summed E-state index contributed by atoms with van der Waals surface area (Å²) in [5, 5.41) is 5.54. The molecule has 35 heavy (non-hydrogen) atoms. The smallest absolute Gasteiger partial charge is 0.165 e. The normalized spacial score (nSPS) is 12.5. The van der Waals surface area contributed by atoms with Gasteiger partial charge in [0.15, 0.2) is 5.65 Å². The van der Waals surface area contributed by atoms with Gasteiger partial charge in [-0.3, -0.25) is 0 Å².